The molecule has 0 amide bonds. The van der Waals surface area contributed by atoms with Crippen LogP contribution in [0, 0.1) is 0 Å². The van der Waals surface area contributed by atoms with Gasteiger partial charge in [-0.05, 0) is 22.6 Å². The summed E-state index contributed by atoms with van der Waals surface area (Å²) in [6.45, 7) is 2.41. The highest BCUT2D eigenvalue weighted by molar-refractivity contribution is 8.33. The molecule has 18 heavy (non-hydrogen) atoms. The SMILES string of the molecule is CC(=O)OCCCOC1=CSC(=C2SC=CS2)S1. The van der Waals surface area contributed by atoms with E-state index >= 15 is 0 Å². The van der Waals surface area contributed by atoms with Crippen LogP contribution < -0.4 is 0 Å². The van der Waals surface area contributed by atoms with Crippen molar-refractivity contribution < 1.29 is 14.3 Å². The molecule has 0 saturated carbocycles. The molecule has 0 bridgehead atoms. The monoisotopic (exact) mass is 320 g/mol. The average molecular weight is 320 g/mol. The van der Waals surface area contributed by atoms with Gasteiger partial charge in [-0.1, -0.05) is 35.3 Å². The van der Waals surface area contributed by atoms with Crippen molar-refractivity contribution in [2.75, 3.05) is 13.2 Å². The molecule has 2 aliphatic heterocycles. The maximum Gasteiger partial charge on any atom is 0.302 e. The molecule has 2 rings (SSSR count). The van der Waals surface area contributed by atoms with E-state index in [9.17, 15) is 4.79 Å². The summed E-state index contributed by atoms with van der Waals surface area (Å²) in [5.74, 6) is -0.241. The molecule has 0 aliphatic carbocycles. The average Bonchev–Trinajstić information content (AvgIpc) is 2.98. The number of esters is 1. The van der Waals surface area contributed by atoms with Crippen LogP contribution in [-0.2, 0) is 14.3 Å². The molecule has 0 radical (unpaired) electrons. The van der Waals surface area contributed by atoms with Gasteiger partial charge in [0.2, 0.25) is 0 Å². The van der Waals surface area contributed by atoms with Crippen molar-refractivity contribution in [1.29, 1.82) is 0 Å². The Labute approximate surface area is 123 Å². The molecule has 2 heterocycles. The van der Waals surface area contributed by atoms with E-state index in [0.29, 0.717) is 13.2 Å². The van der Waals surface area contributed by atoms with Crippen LogP contribution in [0.1, 0.15) is 13.3 Å². The van der Waals surface area contributed by atoms with Gasteiger partial charge in [-0.3, -0.25) is 4.79 Å². The summed E-state index contributed by atoms with van der Waals surface area (Å²) in [5, 5.41) is 7.13. The van der Waals surface area contributed by atoms with Gasteiger partial charge >= 0.3 is 5.97 Å². The van der Waals surface area contributed by atoms with Crippen molar-refractivity contribution in [2.24, 2.45) is 0 Å². The standard InChI is InChI=1S/C11H12O3S4/c1-8(12)13-3-2-4-14-9-7-17-11(18-9)10-15-5-6-16-10/h5-7H,2-4H2,1H3. The van der Waals surface area contributed by atoms with E-state index in [1.165, 1.54) is 15.4 Å². The first-order valence-corrected chi connectivity index (χ1v) is 8.74. The fourth-order valence-corrected chi connectivity index (χ4v) is 5.40. The van der Waals surface area contributed by atoms with Crippen LogP contribution >= 0.6 is 47.0 Å². The Hall–Kier alpha value is -0.110. The second-order valence-corrected chi connectivity index (χ2v) is 7.53. The summed E-state index contributed by atoms with van der Waals surface area (Å²) >= 11 is 6.87. The quantitative estimate of drug-likeness (QED) is 0.551. The van der Waals surface area contributed by atoms with Gasteiger partial charge in [-0.15, -0.1) is 0 Å². The van der Waals surface area contributed by atoms with Crippen molar-refractivity contribution in [2.45, 2.75) is 13.3 Å². The molecule has 0 spiro atoms. The van der Waals surface area contributed by atoms with Crippen molar-refractivity contribution in [1.82, 2.24) is 0 Å². The largest absolute Gasteiger partial charge is 0.486 e. The maximum absolute atomic E-state index is 10.6. The third-order valence-corrected chi connectivity index (χ3v) is 6.78. The number of carbonyl (C=O) groups excluding carboxylic acids is 1. The smallest absolute Gasteiger partial charge is 0.302 e. The minimum atomic E-state index is -0.241. The first-order valence-electron chi connectivity index (χ1n) is 5.29. The fraction of sp³-hybridized carbons (Fsp3) is 0.364. The summed E-state index contributed by atoms with van der Waals surface area (Å²) in [4.78, 5) is 10.6. The molecule has 7 heteroatoms. The van der Waals surface area contributed by atoms with E-state index in [-0.39, 0.29) is 5.97 Å². The van der Waals surface area contributed by atoms with E-state index in [1.807, 2.05) is 5.41 Å². The number of hydrogen-bond acceptors (Lipinski definition) is 7. The third-order valence-electron chi connectivity index (χ3n) is 1.87. The van der Waals surface area contributed by atoms with Gasteiger partial charge in [0, 0.05) is 18.8 Å². The third kappa shape index (κ3) is 4.53. The Morgan fingerprint density at radius 2 is 1.94 bits per heavy atom. The lowest BCUT2D eigenvalue weighted by Crippen LogP contribution is -2.03. The topological polar surface area (TPSA) is 35.5 Å². The van der Waals surface area contributed by atoms with Gasteiger partial charge in [-0.2, -0.15) is 0 Å². The highest BCUT2D eigenvalue weighted by Crippen LogP contribution is 2.53. The number of carbonyl (C=O) groups is 1. The molecule has 0 saturated heterocycles. The highest BCUT2D eigenvalue weighted by Gasteiger charge is 2.19. The Morgan fingerprint density at radius 1 is 1.17 bits per heavy atom. The molecule has 98 valence electrons. The lowest BCUT2D eigenvalue weighted by molar-refractivity contribution is -0.141. The van der Waals surface area contributed by atoms with Crippen LogP contribution in [0.3, 0.4) is 0 Å². The molecule has 0 aromatic carbocycles. The van der Waals surface area contributed by atoms with Crippen molar-refractivity contribution in [3.8, 4) is 0 Å². The van der Waals surface area contributed by atoms with Gasteiger partial charge in [-0.25, -0.2) is 0 Å². The molecule has 0 N–H and O–H groups in total. The van der Waals surface area contributed by atoms with Crippen LogP contribution in [0.4, 0.5) is 0 Å². The number of rotatable bonds is 5. The van der Waals surface area contributed by atoms with Crippen LogP contribution in [0.5, 0.6) is 0 Å². The van der Waals surface area contributed by atoms with E-state index in [4.69, 9.17) is 9.47 Å². The maximum atomic E-state index is 10.6. The number of ether oxygens (including phenoxy) is 2. The van der Waals surface area contributed by atoms with Crippen LogP contribution in [0.15, 0.2) is 29.8 Å². The van der Waals surface area contributed by atoms with Crippen LogP contribution in [0.25, 0.3) is 0 Å². The summed E-state index contributed by atoms with van der Waals surface area (Å²) in [6.07, 6.45) is 0.721. The zero-order chi connectivity index (χ0) is 12.8. The van der Waals surface area contributed by atoms with Gasteiger partial charge < -0.3 is 9.47 Å². The summed E-state index contributed by atoms with van der Waals surface area (Å²) in [6, 6.07) is 0. The Kier molecular flexibility index (Phi) is 5.94. The number of thioether (sulfide) groups is 4. The molecule has 0 aromatic rings. The molecular weight excluding hydrogens is 308 g/mol. The second kappa shape index (κ2) is 7.47. The van der Waals surface area contributed by atoms with Crippen molar-refractivity contribution >= 4 is 53.0 Å². The Morgan fingerprint density at radius 3 is 2.67 bits per heavy atom. The number of hydrogen-bond donors (Lipinski definition) is 0. The first kappa shape index (κ1) is 14.3. The fourth-order valence-electron chi connectivity index (χ4n) is 1.15. The van der Waals surface area contributed by atoms with Crippen LogP contribution in [0.2, 0.25) is 0 Å². The predicted molar refractivity (Wildman–Crippen MR) is 81.8 cm³/mol. The normalized spacial score (nSPS) is 18.2. The van der Waals surface area contributed by atoms with E-state index in [0.717, 1.165) is 11.5 Å². The van der Waals surface area contributed by atoms with Gasteiger partial charge in [0.05, 0.1) is 21.7 Å². The minimum absolute atomic E-state index is 0.241. The van der Waals surface area contributed by atoms with Gasteiger partial charge in [0.15, 0.2) is 5.09 Å². The highest BCUT2D eigenvalue weighted by atomic mass is 32.2. The van der Waals surface area contributed by atoms with Gasteiger partial charge in [0.25, 0.3) is 0 Å². The zero-order valence-corrected chi connectivity index (χ0v) is 13.0. The molecular formula is C11H12O3S4. The molecule has 3 nitrogen and oxygen atoms in total. The summed E-state index contributed by atoms with van der Waals surface area (Å²) in [5.41, 5.74) is 0. The van der Waals surface area contributed by atoms with Crippen molar-refractivity contribution in [3.63, 3.8) is 0 Å². The van der Waals surface area contributed by atoms with E-state index in [1.54, 1.807) is 47.0 Å². The zero-order valence-electron chi connectivity index (χ0n) is 9.71. The van der Waals surface area contributed by atoms with E-state index in [2.05, 4.69) is 10.8 Å². The molecule has 0 fully saturated rings. The lowest BCUT2D eigenvalue weighted by Gasteiger charge is -2.06. The first-order chi connectivity index (χ1) is 8.75. The molecule has 0 aromatic heterocycles. The van der Waals surface area contributed by atoms with Crippen LogP contribution in [-0.4, -0.2) is 19.2 Å². The van der Waals surface area contributed by atoms with E-state index < -0.39 is 0 Å². The van der Waals surface area contributed by atoms with Crippen molar-refractivity contribution in [3.05, 3.63) is 29.8 Å². The summed E-state index contributed by atoms with van der Waals surface area (Å²) in [7, 11) is 0. The lowest BCUT2D eigenvalue weighted by atomic mass is 10.5. The molecule has 0 unspecified atom stereocenters. The second-order valence-electron chi connectivity index (χ2n) is 3.28. The Balaban J connectivity index is 1.64. The minimum Gasteiger partial charge on any atom is -0.486 e. The molecule has 0 atom stereocenters. The summed E-state index contributed by atoms with van der Waals surface area (Å²) < 4.78 is 13.0. The van der Waals surface area contributed by atoms with Gasteiger partial charge in [0.1, 0.15) is 0 Å². The predicted octanol–water partition coefficient (Wildman–Crippen LogP) is 4.31. The molecule has 2 aliphatic rings. The Bertz CT molecular complexity index is 405.